The highest BCUT2D eigenvalue weighted by molar-refractivity contribution is 6.09. The number of aliphatic carboxylic acids is 1. The van der Waals surface area contributed by atoms with Gasteiger partial charge in [-0.1, -0.05) is 30.3 Å². The van der Waals surface area contributed by atoms with Crippen LogP contribution in [0.2, 0.25) is 0 Å². The molecule has 0 radical (unpaired) electrons. The van der Waals surface area contributed by atoms with Crippen LogP contribution >= 0.6 is 0 Å². The zero-order valence-electron chi connectivity index (χ0n) is 12.6. The Morgan fingerprint density at radius 3 is 2.43 bits per heavy atom. The maximum atomic E-state index is 12.6. The molecule has 1 aliphatic heterocycles. The number of carbonyl (C=O) groups is 2. The summed E-state index contributed by atoms with van der Waals surface area (Å²) in [5.41, 5.74) is 6.65. The lowest BCUT2D eigenvalue weighted by atomic mass is 9.85. The van der Waals surface area contributed by atoms with Crippen LogP contribution in [0.25, 0.3) is 0 Å². The van der Waals surface area contributed by atoms with Crippen LogP contribution in [0.1, 0.15) is 34.3 Å². The maximum absolute atomic E-state index is 12.6. The third-order valence-electron chi connectivity index (χ3n) is 4.33. The highest BCUT2D eigenvalue weighted by Crippen LogP contribution is 2.35. The van der Waals surface area contributed by atoms with Gasteiger partial charge in [0.2, 0.25) is 0 Å². The summed E-state index contributed by atoms with van der Waals surface area (Å²) >= 11 is 0. The first-order valence-corrected chi connectivity index (χ1v) is 7.53. The van der Waals surface area contributed by atoms with E-state index in [9.17, 15) is 14.7 Å². The Morgan fingerprint density at radius 1 is 1.09 bits per heavy atom. The molecule has 5 heteroatoms. The van der Waals surface area contributed by atoms with Gasteiger partial charge in [-0.05, 0) is 37.6 Å². The predicted molar refractivity (Wildman–Crippen MR) is 87.3 cm³/mol. The minimum absolute atomic E-state index is 0.148. The summed E-state index contributed by atoms with van der Waals surface area (Å²) in [6.45, 7) is 0.614. The summed E-state index contributed by atoms with van der Waals surface area (Å²) in [6.07, 6.45) is 1.21. The van der Waals surface area contributed by atoms with Crippen molar-refractivity contribution in [1.29, 1.82) is 0 Å². The summed E-state index contributed by atoms with van der Waals surface area (Å²) in [5.74, 6) is -1.11. The number of ketones is 1. The van der Waals surface area contributed by atoms with E-state index in [2.05, 4.69) is 5.32 Å². The van der Waals surface area contributed by atoms with E-state index in [1.807, 2.05) is 6.07 Å². The number of hydrogen-bond donors (Lipinski definition) is 3. The van der Waals surface area contributed by atoms with E-state index in [-0.39, 0.29) is 5.78 Å². The maximum Gasteiger partial charge on any atom is 0.328 e. The van der Waals surface area contributed by atoms with Crippen LogP contribution in [0.15, 0.2) is 48.5 Å². The predicted octanol–water partition coefficient (Wildman–Crippen LogP) is 2.16. The van der Waals surface area contributed by atoms with Crippen molar-refractivity contribution in [3.63, 3.8) is 0 Å². The van der Waals surface area contributed by atoms with Gasteiger partial charge < -0.3 is 10.8 Å². The molecule has 5 nitrogen and oxygen atoms in total. The molecule has 1 atom stereocenters. The van der Waals surface area contributed by atoms with Gasteiger partial charge >= 0.3 is 5.97 Å². The number of carboxylic acids is 1. The highest BCUT2D eigenvalue weighted by Gasteiger charge is 2.44. The number of nitrogens with two attached hydrogens (primary N) is 1. The molecule has 0 saturated carbocycles. The quantitative estimate of drug-likeness (QED) is 0.594. The Morgan fingerprint density at radius 2 is 1.83 bits per heavy atom. The molecule has 3 rings (SSSR count). The molecule has 0 unspecified atom stereocenters. The van der Waals surface area contributed by atoms with Gasteiger partial charge in [0.05, 0.1) is 0 Å². The van der Waals surface area contributed by atoms with E-state index in [0.717, 1.165) is 6.42 Å². The molecule has 2 aromatic carbocycles. The summed E-state index contributed by atoms with van der Waals surface area (Å²) in [7, 11) is 0. The van der Waals surface area contributed by atoms with E-state index in [0.29, 0.717) is 35.3 Å². The zero-order valence-corrected chi connectivity index (χ0v) is 12.6. The van der Waals surface area contributed by atoms with Gasteiger partial charge in [0.15, 0.2) is 5.78 Å². The molecule has 1 fully saturated rings. The van der Waals surface area contributed by atoms with Crippen molar-refractivity contribution in [2.45, 2.75) is 18.4 Å². The minimum atomic E-state index is -1.21. The average molecular weight is 310 g/mol. The van der Waals surface area contributed by atoms with Crippen LogP contribution in [0.5, 0.6) is 0 Å². The number of nitrogens with one attached hydrogen (secondary N) is 1. The van der Waals surface area contributed by atoms with Crippen molar-refractivity contribution in [1.82, 2.24) is 5.32 Å². The molecule has 0 aliphatic carbocycles. The fourth-order valence-electron chi connectivity index (χ4n) is 3.09. The molecule has 1 aliphatic rings. The van der Waals surface area contributed by atoms with Crippen LogP contribution in [0.3, 0.4) is 0 Å². The summed E-state index contributed by atoms with van der Waals surface area (Å²) in [6, 6.07) is 13.8. The van der Waals surface area contributed by atoms with Crippen LogP contribution in [0.4, 0.5) is 5.69 Å². The van der Waals surface area contributed by atoms with Gasteiger partial charge in [0, 0.05) is 22.4 Å². The van der Waals surface area contributed by atoms with Crippen LogP contribution in [-0.4, -0.2) is 23.4 Å². The normalized spacial score (nSPS) is 20.3. The van der Waals surface area contributed by atoms with E-state index in [4.69, 9.17) is 5.73 Å². The van der Waals surface area contributed by atoms with Crippen molar-refractivity contribution in [2.24, 2.45) is 0 Å². The van der Waals surface area contributed by atoms with Gasteiger partial charge in [-0.3, -0.25) is 10.1 Å². The molecule has 0 bridgehead atoms. The van der Waals surface area contributed by atoms with E-state index >= 15 is 0 Å². The van der Waals surface area contributed by atoms with Crippen molar-refractivity contribution < 1.29 is 14.7 Å². The smallest absolute Gasteiger partial charge is 0.328 e. The zero-order chi connectivity index (χ0) is 16.4. The molecule has 0 spiro atoms. The van der Waals surface area contributed by atoms with Crippen LogP contribution in [0, 0.1) is 0 Å². The van der Waals surface area contributed by atoms with Crippen LogP contribution in [-0.2, 0) is 10.3 Å². The van der Waals surface area contributed by atoms with Crippen molar-refractivity contribution in [3.05, 3.63) is 65.2 Å². The van der Waals surface area contributed by atoms with E-state index in [1.165, 1.54) is 0 Å². The molecular weight excluding hydrogens is 292 g/mol. The summed E-state index contributed by atoms with van der Waals surface area (Å²) < 4.78 is 0. The largest absolute Gasteiger partial charge is 0.480 e. The lowest BCUT2D eigenvalue weighted by Crippen LogP contribution is -2.45. The molecular formula is C18H18N2O3. The number of nitrogen functional groups attached to an aromatic ring is 1. The fraction of sp³-hybridized carbons (Fsp3) is 0.222. The number of carboxylic acid groups (broad SMARTS) is 1. The third-order valence-corrected chi connectivity index (χ3v) is 4.33. The minimum Gasteiger partial charge on any atom is -0.480 e. The number of rotatable bonds is 4. The molecule has 2 aromatic rings. The number of carbonyl (C=O) groups excluding carboxylic acids is 1. The lowest BCUT2D eigenvalue weighted by Gasteiger charge is -2.27. The molecule has 4 N–H and O–H groups in total. The molecule has 118 valence electrons. The Hall–Kier alpha value is -2.66. The van der Waals surface area contributed by atoms with Crippen molar-refractivity contribution in [2.75, 3.05) is 12.3 Å². The monoisotopic (exact) mass is 310 g/mol. The fourth-order valence-corrected chi connectivity index (χ4v) is 3.09. The van der Waals surface area contributed by atoms with Gasteiger partial charge in [0.1, 0.15) is 5.54 Å². The van der Waals surface area contributed by atoms with Gasteiger partial charge in [0.25, 0.3) is 0 Å². The Balaban J connectivity index is 2.06. The second-order valence-electron chi connectivity index (χ2n) is 5.74. The number of hydrogen-bond acceptors (Lipinski definition) is 4. The number of anilines is 1. The SMILES string of the molecule is Nc1ccc(C(=O)c2ccccc2)cc1[C@@]1(C(=O)O)CCCN1. The second kappa shape index (κ2) is 5.85. The third kappa shape index (κ3) is 2.59. The highest BCUT2D eigenvalue weighted by atomic mass is 16.4. The second-order valence-corrected chi connectivity index (χ2v) is 5.74. The molecule has 23 heavy (non-hydrogen) atoms. The topological polar surface area (TPSA) is 92.4 Å². The lowest BCUT2D eigenvalue weighted by molar-refractivity contribution is -0.144. The first-order chi connectivity index (χ1) is 11.0. The average Bonchev–Trinajstić information content (AvgIpc) is 3.06. The van der Waals surface area contributed by atoms with Gasteiger partial charge in [-0.15, -0.1) is 0 Å². The van der Waals surface area contributed by atoms with Crippen LogP contribution < -0.4 is 11.1 Å². The molecule has 1 heterocycles. The summed E-state index contributed by atoms with van der Waals surface area (Å²) in [4.78, 5) is 24.4. The first kappa shape index (κ1) is 15.2. The van der Waals surface area contributed by atoms with Crippen molar-refractivity contribution in [3.8, 4) is 0 Å². The molecule has 0 aromatic heterocycles. The first-order valence-electron chi connectivity index (χ1n) is 7.53. The molecule has 1 saturated heterocycles. The summed E-state index contributed by atoms with van der Waals surface area (Å²) in [5, 5.41) is 12.7. The standard InChI is InChI=1S/C18H18N2O3/c19-15-8-7-13(16(21)12-5-2-1-3-6-12)11-14(15)18(17(22)23)9-4-10-20-18/h1-3,5-8,11,20H,4,9-10,19H2,(H,22,23)/t18-/m1/s1. The van der Waals surface area contributed by atoms with Gasteiger partial charge in [-0.25, -0.2) is 4.79 Å². The Labute approximate surface area is 134 Å². The molecule has 0 amide bonds. The van der Waals surface area contributed by atoms with E-state index < -0.39 is 11.5 Å². The van der Waals surface area contributed by atoms with E-state index in [1.54, 1.807) is 42.5 Å². The number of benzene rings is 2. The van der Waals surface area contributed by atoms with Crippen molar-refractivity contribution >= 4 is 17.4 Å². The Kier molecular flexibility index (Phi) is 3.88. The van der Waals surface area contributed by atoms with Gasteiger partial charge in [-0.2, -0.15) is 0 Å². The Bertz CT molecular complexity index is 750.